The Morgan fingerprint density at radius 3 is 2.86 bits per heavy atom. The Morgan fingerprint density at radius 1 is 1.33 bits per heavy atom. The van der Waals surface area contributed by atoms with Gasteiger partial charge in [-0.2, -0.15) is 4.80 Å². The topological polar surface area (TPSA) is 72.7 Å². The van der Waals surface area contributed by atoms with Crippen LogP contribution in [0.1, 0.15) is 25.7 Å². The van der Waals surface area contributed by atoms with Crippen molar-refractivity contribution >= 4 is 17.5 Å². The first-order valence-corrected chi connectivity index (χ1v) is 7.42. The molecule has 1 saturated carbocycles. The van der Waals surface area contributed by atoms with Gasteiger partial charge in [0.25, 0.3) is 0 Å². The maximum absolute atomic E-state index is 11.9. The second-order valence-corrected chi connectivity index (χ2v) is 5.58. The summed E-state index contributed by atoms with van der Waals surface area (Å²) in [5.41, 5.74) is 0.710. The van der Waals surface area contributed by atoms with Crippen molar-refractivity contribution in [2.75, 3.05) is 0 Å². The van der Waals surface area contributed by atoms with Crippen molar-refractivity contribution in [2.45, 2.75) is 38.3 Å². The van der Waals surface area contributed by atoms with Gasteiger partial charge in [-0.05, 0) is 30.2 Å². The number of benzene rings is 1. The van der Waals surface area contributed by atoms with Crippen molar-refractivity contribution in [3.05, 3.63) is 29.3 Å². The van der Waals surface area contributed by atoms with E-state index < -0.39 is 0 Å². The van der Waals surface area contributed by atoms with Crippen molar-refractivity contribution in [1.29, 1.82) is 0 Å². The minimum Gasteiger partial charge on any atom is -0.352 e. The standard InChI is InChI=1S/C14H16ClN5O/c15-12-8-4-3-7-11(12)14-17-19-20(18-14)9-13(21)16-10-5-1-2-6-10/h3-4,7-8,10H,1-2,5-6,9H2,(H,16,21). The van der Waals surface area contributed by atoms with Crippen molar-refractivity contribution in [1.82, 2.24) is 25.5 Å². The first kappa shape index (κ1) is 14.0. The van der Waals surface area contributed by atoms with Gasteiger partial charge in [0, 0.05) is 11.6 Å². The lowest BCUT2D eigenvalue weighted by Gasteiger charge is -2.10. The summed E-state index contributed by atoms with van der Waals surface area (Å²) in [7, 11) is 0. The highest BCUT2D eigenvalue weighted by atomic mass is 35.5. The van der Waals surface area contributed by atoms with Crippen LogP contribution >= 0.6 is 11.6 Å². The summed E-state index contributed by atoms with van der Waals surface area (Å²) >= 11 is 6.09. The molecule has 0 unspecified atom stereocenters. The van der Waals surface area contributed by atoms with Crippen LogP contribution < -0.4 is 5.32 Å². The van der Waals surface area contributed by atoms with Crippen LogP contribution in [0.4, 0.5) is 0 Å². The Hall–Kier alpha value is -1.95. The number of tetrazole rings is 1. The number of hydrogen-bond donors (Lipinski definition) is 1. The lowest BCUT2D eigenvalue weighted by Crippen LogP contribution is -2.35. The van der Waals surface area contributed by atoms with E-state index in [2.05, 4.69) is 20.7 Å². The molecular formula is C14H16ClN5O. The molecule has 2 aromatic rings. The first-order chi connectivity index (χ1) is 10.2. The van der Waals surface area contributed by atoms with Gasteiger partial charge in [-0.3, -0.25) is 4.79 Å². The summed E-state index contributed by atoms with van der Waals surface area (Å²) in [6.45, 7) is 0.0773. The van der Waals surface area contributed by atoms with Crippen LogP contribution in [0.15, 0.2) is 24.3 Å². The van der Waals surface area contributed by atoms with E-state index in [1.165, 1.54) is 17.6 Å². The van der Waals surface area contributed by atoms with Gasteiger partial charge in [0.15, 0.2) is 0 Å². The summed E-state index contributed by atoms with van der Waals surface area (Å²) in [6.07, 6.45) is 4.48. The Kier molecular flexibility index (Phi) is 4.15. The van der Waals surface area contributed by atoms with Crippen LogP contribution in [0, 0.1) is 0 Å². The second-order valence-electron chi connectivity index (χ2n) is 5.17. The maximum Gasteiger partial charge on any atom is 0.243 e. The van der Waals surface area contributed by atoms with E-state index in [-0.39, 0.29) is 12.5 Å². The lowest BCUT2D eigenvalue weighted by molar-refractivity contribution is -0.122. The molecule has 3 rings (SSSR count). The molecule has 7 heteroatoms. The van der Waals surface area contributed by atoms with Gasteiger partial charge in [-0.25, -0.2) is 0 Å². The number of amides is 1. The number of hydrogen-bond acceptors (Lipinski definition) is 4. The van der Waals surface area contributed by atoms with Crippen LogP contribution in [0.3, 0.4) is 0 Å². The molecule has 1 amide bonds. The number of rotatable bonds is 4. The average Bonchev–Trinajstić information content (AvgIpc) is 3.11. The van der Waals surface area contributed by atoms with E-state index in [0.717, 1.165) is 12.8 Å². The Labute approximate surface area is 127 Å². The largest absolute Gasteiger partial charge is 0.352 e. The van der Waals surface area contributed by atoms with Gasteiger partial charge in [-0.15, -0.1) is 10.2 Å². The molecule has 1 aromatic heterocycles. The van der Waals surface area contributed by atoms with Crippen LogP contribution in [0.25, 0.3) is 11.4 Å². The van der Waals surface area contributed by atoms with Crippen LogP contribution in [0.2, 0.25) is 5.02 Å². The lowest BCUT2D eigenvalue weighted by atomic mass is 10.2. The Bertz CT molecular complexity index is 636. The second kappa shape index (κ2) is 6.22. The molecule has 0 atom stereocenters. The van der Waals surface area contributed by atoms with Gasteiger partial charge in [0.05, 0.1) is 5.02 Å². The van der Waals surface area contributed by atoms with E-state index in [9.17, 15) is 4.79 Å². The van der Waals surface area contributed by atoms with Crippen molar-refractivity contribution in [3.63, 3.8) is 0 Å². The third-order valence-corrected chi connectivity index (χ3v) is 3.90. The molecule has 1 aliphatic carbocycles. The first-order valence-electron chi connectivity index (χ1n) is 7.04. The van der Waals surface area contributed by atoms with Gasteiger partial charge >= 0.3 is 0 Å². The molecule has 0 bridgehead atoms. The molecule has 1 aliphatic rings. The number of carbonyl (C=O) groups excluding carboxylic acids is 1. The zero-order valence-electron chi connectivity index (χ0n) is 11.5. The van der Waals surface area contributed by atoms with Crippen molar-refractivity contribution < 1.29 is 4.79 Å². The van der Waals surface area contributed by atoms with Gasteiger partial charge in [0.2, 0.25) is 11.7 Å². The fourth-order valence-corrected chi connectivity index (χ4v) is 2.75. The molecule has 6 nitrogen and oxygen atoms in total. The minimum atomic E-state index is -0.0787. The summed E-state index contributed by atoms with van der Waals surface area (Å²) in [5, 5.41) is 15.6. The van der Waals surface area contributed by atoms with E-state index >= 15 is 0 Å². The molecular weight excluding hydrogens is 290 g/mol. The van der Waals surface area contributed by atoms with E-state index in [1.807, 2.05) is 18.2 Å². The van der Waals surface area contributed by atoms with E-state index in [4.69, 9.17) is 11.6 Å². The number of carbonyl (C=O) groups is 1. The highest BCUT2D eigenvalue weighted by Gasteiger charge is 2.18. The third kappa shape index (κ3) is 3.39. The maximum atomic E-state index is 11.9. The molecule has 21 heavy (non-hydrogen) atoms. The van der Waals surface area contributed by atoms with Crippen LogP contribution in [-0.2, 0) is 11.3 Å². The van der Waals surface area contributed by atoms with Crippen molar-refractivity contribution in [2.24, 2.45) is 0 Å². The fourth-order valence-electron chi connectivity index (χ4n) is 2.53. The van der Waals surface area contributed by atoms with Gasteiger partial charge in [0.1, 0.15) is 6.54 Å². The predicted octanol–water partition coefficient (Wildman–Crippen LogP) is 2.05. The van der Waals surface area contributed by atoms with E-state index in [1.54, 1.807) is 6.07 Å². The zero-order valence-corrected chi connectivity index (χ0v) is 12.3. The molecule has 110 valence electrons. The summed E-state index contributed by atoms with van der Waals surface area (Å²) < 4.78 is 0. The monoisotopic (exact) mass is 305 g/mol. The highest BCUT2D eigenvalue weighted by molar-refractivity contribution is 6.33. The van der Waals surface area contributed by atoms with Crippen LogP contribution in [0.5, 0.6) is 0 Å². The summed E-state index contributed by atoms with van der Waals surface area (Å²) in [5.74, 6) is 0.347. The number of nitrogens with zero attached hydrogens (tertiary/aromatic N) is 4. The summed E-state index contributed by atoms with van der Waals surface area (Å²) in [6, 6.07) is 7.58. The fraction of sp³-hybridized carbons (Fsp3) is 0.429. The minimum absolute atomic E-state index is 0.0773. The molecule has 1 N–H and O–H groups in total. The zero-order chi connectivity index (χ0) is 14.7. The third-order valence-electron chi connectivity index (χ3n) is 3.57. The SMILES string of the molecule is O=C(Cn1nnc(-c2ccccc2Cl)n1)NC1CCCC1. The summed E-state index contributed by atoms with van der Waals surface area (Å²) in [4.78, 5) is 13.2. The Morgan fingerprint density at radius 2 is 2.10 bits per heavy atom. The molecule has 0 saturated heterocycles. The highest BCUT2D eigenvalue weighted by Crippen LogP contribution is 2.23. The number of nitrogens with one attached hydrogen (secondary N) is 1. The molecule has 1 aromatic carbocycles. The smallest absolute Gasteiger partial charge is 0.243 e. The Balaban J connectivity index is 1.65. The average molecular weight is 306 g/mol. The van der Waals surface area contributed by atoms with Gasteiger partial charge in [-0.1, -0.05) is 36.6 Å². The molecule has 0 aliphatic heterocycles. The molecule has 1 heterocycles. The van der Waals surface area contributed by atoms with Crippen molar-refractivity contribution in [3.8, 4) is 11.4 Å². The molecule has 0 spiro atoms. The number of aromatic nitrogens is 4. The molecule has 0 radical (unpaired) electrons. The quantitative estimate of drug-likeness (QED) is 0.938. The predicted molar refractivity (Wildman–Crippen MR) is 78.7 cm³/mol. The van der Waals surface area contributed by atoms with Gasteiger partial charge < -0.3 is 5.32 Å². The normalized spacial score (nSPS) is 15.3. The van der Waals surface area contributed by atoms with E-state index in [0.29, 0.717) is 22.5 Å². The van der Waals surface area contributed by atoms with Crippen LogP contribution in [-0.4, -0.2) is 32.2 Å². The molecule has 1 fully saturated rings. The number of halogens is 1.